The Balaban J connectivity index is 2.23. The normalized spacial score (nSPS) is 10.3. The van der Waals surface area contributed by atoms with Crippen molar-refractivity contribution in [2.45, 2.75) is 6.92 Å². The van der Waals surface area contributed by atoms with Crippen LogP contribution in [0.2, 0.25) is 0 Å². The molecule has 0 spiro atoms. The third kappa shape index (κ3) is 2.49. The van der Waals surface area contributed by atoms with E-state index in [1.807, 2.05) is 43.3 Å². The van der Waals surface area contributed by atoms with Crippen molar-refractivity contribution in [1.29, 1.82) is 5.26 Å². The maximum atomic E-state index is 9.35. The second kappa shape index (κ2) is 5.35. The average molecular weight is 292 g/mol. The Kier molecular flexibility index (Phi) is 3.38. The number of nitrogen functional groups attached to an aromatic ring is 1. The van der Waals surface area contributed by atoms with Gasteiger partial charge >= 0.3 is 0 Å². The van der Waals surface area contributed by atoms with E-state index in [2.05, 4.69) is 16.0 Å². The van der Waals surface area contributed by atoms with Crippen LogP contribution < -0.4 is 5.73 Å². The lowest BCUT2D eigenvalue weighted by atomic mass is 10.1. The first-order valence-corrected chi connectivity index (χ1v) is 7.19. The van der Waals surface area contributed by atoms with Gasteiger partial charge in [-0.25, -0.2) is 4.98 Å². The molecule has 0 saturated carbocycles. The quantitative estimate of drug-likeness (QED) is 0.782. The highest BCUT2D eigenvalue weighted by Gasteiger charge is 2.14. The van der Waals surface area contributed by atoms with Gasteiger partial charge in [-0.2, -0.15) is 5.26 Å². The van der Waals surface area contributed by atoms with E-state index in [1.54, 1.807) is 17.5 Å². The summed E-state index contributed by atoms with van der Waals surface area (Å²) in [5.41, 5.74) is 8.59. The van der Waals surface area contributed by atoms with Crippen molar-refractivity contribution in [3.05, 3.63) is 53.0 Å². The molecule has 102 valence electrons. The highest BCUT2D eigenvalue weighted by atomic mass is 32.1. The number of aromatic nitrogens is 2. The van der Waals surface area contributed by atoms with Crippen LogP contribution in [0.4, 0.5) is 5.82 Å². The zero-order valence-corrected chi connectivity index (χ0v) is 12.2. The molecule has 0 atom stereocenters. The summed E-state index contributed by atoms with van der Waals surface area (Å²) in [6, 6.07) is 13.7. The fraction of sp³-hybridized carbons (Fsp3) is 0.0625. The molecule has 0 aromatic carbocycles. The Morgan fingerprint density at radius 2 is 2.05 bits per heavy atom. The van der Waals surface area contributed by atoms with E-state index >= 15 is 0 Å². The minimum Gasteiger partial charge on any atom is -0.383 e. The smallest absolute Gasteiger partial charge is 0.142 e. The van der Waals surface area contributed by atoms with Gasteiger partial charge in [0.2, 0.25) is 0 Å². The number of anilines is 1. The number of rotatable bonds is 2. The van der Waals surface area contributed by atoms with Gasteiger partial charge in [0.25, 0.3) is 0 Å². The third-order valence-electron chi connectivity index (χ3n) is 3.09. The van der Waals surface area contributed by atoms with Gasteiger partial charge in [-0.05, 0) is 37.3 Å². The van der Waals surface area contributed by atoms with Gasteiger partial charge in [-0.15, -0.1) is 11.3 Å². The highest BCUT2D eigenvalue weighted by Crippen LogP contribution is 2.34. The first-order valence-electron chi connectivity index (χ1n) is 6.38. The van der Waals surface area contributed by atoms with Crippen LogP contribution in [-0.4, -0.2) is 9.97 Å². The first-order chi connectivity index (χ1) is 10.2. The maximum absolute atomic E-state index is 9.35. The summed E-state index contributed by atoms with van der Waals surface area (Å²) in [5, 5.41) is 9.35. The van der Waals surface area contributed by atoms with Crippen molar-refractivity contribution in [2.24, 2.45) is 0 Å². The van der Waals surface area contributed by atoms with Gasteiger partial charge in [0.15, 0.2) is 0 Å². The van der Waals surface area contributed by atoms with Gasteiger partial charge in [0, 0.05) is 21.5 Å². The molecule has 0 fully saturated rings. The predicted octanol–water partition coefficient (Wildman–Crippen LogP) is 3.63. The van der Waals surface area contributed by atoms with E-state index in [0.29, 0.717) is 11.3 Å². The Morgan fingerprint density at radius 3 is 2.67 bits per heavy atom. The van der Waals surface area contributed by atoms with Crippen molar-refractivity contribution in [1.82, 2.24) is 9.97 Å². The average Bonchev–Trinajstić information content (AvgIpc) is 2.94. The number of nitrogens with two attached hydrogens (primary N) is 1. The molecular formula is C16H12N4S. The van der Waals surface area contributed by atoms with Gasteiger partial charge in [-0.1, -0.05) is 6.07 Å². The zero-order valence-electron chi connectivity index (χ0n) is 11.4. The number of hydrogen-bond acceptors (Lipinski definition) is 5. The van der Waals surface area contributed by atoms with Gasteiger partial charge < -0.3 is 5.73 Å². The minimum absolute atomic E-state index is 0.238. The van der Waals surface area contributed by atoms with E-state index in [4.69, 9.17) is 5.73 Å². The van der Waals surface area contributed by atoms with E-state index in [-0.39, 0.29) is 5.82 Å². The molecule has 3 rings (SSSR count). The molecule has 2 N–H and O–H groups in total. The Morgan fingerprint density at radius 1 is 1.19 bits per heavy atom. The molecule has 0 aliphatic heterocycles. The summed E-state index contributed by atoms with van der Waals surface area (Å²) >= 11 is 1.63. The molecule has 3 heterocycles. The van der Waals surface area contributed by atoms with Crippen molar-refractivity contribution in [3.8, 4) is 27.9 Å². The zero-order chi connectivity index (χ0) is 14.8. The van der Waals surface area contributed by atoms with Crippen LogP contribution in [0.3, 0.4) is 0 Å². The largest absolute Gasteiger partial charge is 0.383 e. The van der Waals surface area contributed by atoms with Crippen LogP contribution in [0.15, 0.2) is 42.6 Å². The summed E-state index contributed by atoms with van der Waals surface area (Å²) in [5.74, 6) is 0.238. The number of nitrogens with zero attached hydrogens (tertiary/aromatic N) is 3. The van der Waals surface area contributed by atoms with Crippen LogP contribution in [0.1, 0.15) is 10.4 Å². The van der Waals surface area contributed by atoms with Crippen LogP contribution in [-0.2, 0) is 0 Å². The molecule has 0 amide bonds. The lowest BCUT2D eigenvalue weighted by Crippen LogP contribution is -1.99. The molecule has 4 nitrogen and oxygen atoms in total. The van der Waals surface area contributed by atoms with Crippen molar-refractivity contribution < 1.29 is 0 Å². The molecular weight excluding hydrogens is 280 g/mol. The van der Waals surface area contributed by atoms with E-state index < -0.39 is 0 Å². The lowest BCUT2D eigenvalue weighted by Gasteiger charge is -2.08. The Hall–Kier alpha value is -2.71. The van der Waals surface area contributed by atoms with Crippen molar-refractivity contribution >= 4 is 17.2 Å². The molecule has 3 aromatic heterocycles. The molecule has 3 aromatic rings. The molecule has 5 heteroatoms. The number of pyridine rings is 2. The predicted molar refractivity (Wildman–Crippen MR) is 84.6 cm³/mol. The first kappa shape index (κ1) is 13.3. The topological polar surface area (TPSA) is 75.6 Å². The number of nitriles is 1. The molecule has 0 unspecified atom stereocenters. The van der Waals surface area contributed by atoms with Gasteiger partial charge in [-0.3, -0.25) is 4.98 Å². The molecule has 0 bridgehead atoms. The standard InChI is InChI=1S/C16H12N4S/c1-10-5-6-15(21-10)11-8-14(13-4-2-3-7-19-13)20-16(18)12(11)9-17/h2-8H,1H3,(H2,18,20). The van der Waals surface area contributed by atoms with Gasteiger partial charge in [0.1, 0.15) is 17.5 Å². The summed E-state index contributed by atoms with van der Waals surface area (Å²) in [7, 11) is 0. The molecule has 0 aliphatic rings. The Labute approximate surface area is 126 Å². The highest BCUT2D eigenvalue weighted by molar-refractivity contribution is 7.15. The van der Waals surface area contributed by atoms with Crippen LogP contribution in [0.5, 0.6) is 0 Å². The second-order valence-electron chi connectivity index (χ2n) is 4.55. The summed E-state index contributed by atoms with van der Waals surface area (Å²) in [6.07, 6.45) is 1.71. The van der Waals surface area contributed by atoms with Crippen LogP contribution in [0, 0.1) is 18.3 Å². The fourth-order valence-electron chi connectivity index (χ4n) is 2.10. The number of hydrogen-bond donors (Lipinski definition) is 1. The Bertz CT molecular complexity index is 831. The fourth-order valence-corrected chi connectivity index (χ4v) is 2.99. The lowest BCUT2D eigenvalue weighted by molar-refractivity contribution is 1.25. The third-order valence-corrected chi connectivity index (χ3v) is 4.13. The minimum atomic E-state index is 0.238. The van der Waals surface area contributed by atoms with Crippen LogP contribution in [0.25, 0.3) is 21.8 Å². The van der Waals surface area contributed by atoms with E-state index in [1.165, 1.54) is 4.88 Å². The number of thiophene rings is 1. The van der Waals surface area contributed by atoms with E-state index in [9.17, 15) is 5.26 Å². The second-order valence-corrected chi connectivity index (χ2v) is 5.84. The monoisotopic (exact) mass is 292 g/mol. The summed E-state index contributed by atoms with van der Waals surface area (Å²) in [4.78, 5) is 10.8. The summed E-state index contributed by atoms with van der Waals surface area (Å²) < 4.78 is 0. The van der Waals surface area contributed by atoms with Crippen molar-refractivity contribution in [2.75, 3.05) is 5.73 Å². The molecule has 0 saturated heterocycles. The van der Waals surface area contributed by atoms with Gasteiger partial charge in [0.05, 0.1) is 11.4 Å². The molecule has 0 radical (unpaired) electrons. The summed E-state index contributed by atoms with van der Waals surface area (Å²) in [6.45, 7) is 2.03. The van der Waals surface area contributed by atoms with Crippen molar-refractivity contribution in [3.63, 3.8) is 0 Å². The number of aryl methyl sites for hydroxylation is 1. The van der Waals surface area contributed by atoms with Crippen LogP contribution >= 0.6 is 11.3 Å². The van der Waals surface area contributed by atoms with E-state index in [0.717, 1.165) is 16.1 Å². The molecule has 0 aliphatic carbocycles. The molecule has 21 heavy (non-hydrogen) atoms. The maximum Gasteiger partial charge on any atom is 0.142 e. The SMILES string of the molecule is Cc1ccc(-c2cc(-c3ccccn3)nc(N)c2C#N)s1.